The Hall–Kier alpha value is -7.04. The summed E-state index contributed by atoms with van der Waals surface area (Å²) in [5, 5.41) is 14.4. The van der Waals surface area contributed by atoms with Crippen molar-refractivity contribution in [1.29, 1.82) is 0 Å². The van der Waals surface area contributed by atoms with E-state index in [1.807, 2.05) is 13.8 Å². The Morgan fingerprint density at radius 1 is 0.886 bits per heavy atom. The van der Waals surface area contributed by atoms with Crippen LogP contribution in [-0.4, -0.2) is 117 Å². The van der Waals surface area contributed by atoms with Gasteiger partial charge >= 0.3 is 11.9 Å². The van der Waals surface area contributed by atoms with Gasteiger partial charge in [-0.1, -0.05) is 36.9 Å². The van der Waals surface area contributed by atoms with E-state index >= 15 is 0 Å². The number of ether oxygens (including phenoxy) is 3. The SMILES string of the molecule is C=C(NC(=O)[C@H](CC(=O)OC(C)(C)C)NC(=O)CNC(=O)[C@H](CCCN=C(N)NS(=O)(=O)c1c(C)c(C)c2c(c1C)CC(C)(C)O2)NC(C)=O)C(=O)N[C@@H](Cc1ccccc1)C(=O)N[C@@H](C)C(=O)OC. The predicted octanol–water partition coefficient (Wildman–Crippen LogP) is 0.571. The Morgan fingerprint density at radius 2 is 1.53 bits per heavy atom. The molecule has 384 valence electrons. The molecule has 0 bridgehead atoms. The number of hydrogen-bond donors (Lipinski definition) is 8. The van der Waals surface area contributed by atoms with Gasteiger partial charge in [-0.15, -0.1) is 0 Å². The number of benzene rings is 2. The molecule has 0 aliphatic carbocycles. The molecule has 0 saturated carbocycles. The van der Waals surface area contributed by atoms with E-state index in [0.717, 1.165) is 12.7 Å². The molecule has 0 saturated heterocycles. The molecule has 0 unspecified atom stereocenters. The highest BCUT2D eigenvalue weighted by Crippen LogP contribution is 2.43. The first-order chi connectivity index (χ1) is 32.4. The number of nitrogens with two attached hydrogens (primary N) is 1. The van der Waals surface area contributed by atoms with Crippen molar-refractivity contribution in [2.24, 2.45) is 10.7 Å². The number of fused-ring (bicyclic) bond motifs is 1. The zero-order valence-electron chi connectivity index (χ0n) is 41.6. The van der Waals surface area contributed by atoms with E-state index in [0.29, 0.717) is 34.4 Å². The van der Waals surface area contributed by atoms with Gasteiger partial charge in [-0.25, -0.2) is 17.9 Å². The highest BCUT2D eigenvalue weighted by Gasteiger charge is 2.37. The van der Waals surface area contributed by atoms with E-state index < -0.39 is 117 Å². The van der Waals surface area contributed by atoms with Gasteiger partial charge in [0.05, 0.1) is 30.7 Å². The molecule has 22 nitrogen and oxygen atoms in total. The van der Waals surface area contributed by atoms with Crippen LogP contribution in [0.1, 0.15) is 95.5 Å². The number of methoxy groups -OCH3 is 1. The van der Waals surface area contributed by atoms with Crippen LogP contribution in [0.4, 0.5) is 0 Å². The van der Waals surface area contributed by atoms with Crippen molar-refractivity contribution in [2.45, 2.75) is 142 Å². The minimum Gasteiger partial charge on any atom is -0.487 e. The number of carbonyl (C=O) groups is 8. The lowest BCUT2D eigenvalue weighted by atomic mass is 9.94. The smallest absolute Gasteiger partial charge is 0.328 e. The summed E-state index contributed by atoms with van der Waals surface area (Å²) in [4.78, 5) is 108. The molecule has 2 aromatic carbocycles. The number of rotatable bonds is 22. The molecular formula is C47H67N9O13S. The van der Waals surface area contributed by atoms with Crippen LogP contribution < -0.4 is 47.1 Å². The summed E-state index contributed by atoms with van der Waals surface area (Å²) in [6, 6.07) is 3.39. The maximum Gasteiger partial charge on any atom is 0.328 e. The Kier molecular flexibility index (Phi) is 20.0. The summed E-state index contributed by atoms with van der Waals surface area (Å²) in [7, 11) is -3.04. The van der Waals surface area contributed by atoms with Gasteiger partial charge in [-0.3, -0.25) is 38.6 Å². The molecule has 1 aliphatic rings. The summed E-state index contributed by atoms with van der Waals surface area (Å²) in [5.74, 6) is -6.57. The van der Waals surface area contributed by atoms with Gasteiger partial charge in [0.2, 0.25) is 35.5 Å². The monoisotopic (exact) mass is 997 g/mol. The van der Waals surface area contributed by atoms with Crippen LogP contribution in [0.25, 0.3) is 0 Å². The minimum absolute atomic E-state index is 0.0272. The number of hydrogen-bond acceptors (Lipinski definition) is 14. The first-order valence-corrected chi connectivity index (χ1v) is 23.9. The van der Waals surface area contributed by atoms with E-state index in [1.165, 1.54) is 13.8 Å². The largest absolute Gasteiger partial charge is 0.487 e. The fourth-order valence-electron chi connectivity index (χ4n) is 7.32. The Bertz CT molecular complexity index is 2490. The van der Waals surface area contributed by atoms with Crippen molar-refractivity contribution >= 4 is 63.4 Å². The second kappa shape index (κ2) is 24.5. The number of guanidine groups is 1. The molecule has 0 radical (unpaired) electrons. The van der Waals surface area contributed by atoms with E-state index in [1.54, 1.807) is 71.9 Å². The molecule has 0 spiro atoms. The molecule has 0 aromatic heterocycles. The van der Waals surface area contributed by atoms with Crippen molar-refractivity contribution in [3.05, 3.63) is 70.4 Å². The third-order valence-electron chi connectivity index (χ3n) is 10.7. The molecular weight excluding hydrogens is 931 g/mol. The van der Waals surface area contributed by atoms with Gasteiger partial charge in [-0.05, 0) is 97.4 Å². The normalized spacial score (nSPS) is 14.7. The number of amides is 6. The summed E-state index contributed by atoms with van der Waals surface area (Å²) in [6.07, 6.45) is -0.146. The number of nitrogens with zero attached hydrogens (tertiary/aromatic N) is 1. The third kappa shape index (κ3) is 17.2. The zero-order chi connectivity index (χ0) is 52.9. The van der Waals surface area contributed by atoms with Crippen LogP contribution in [0, 0.1) is 20.8 Å². The summed E-state index contributed by atoms with van der Waals surface area (Å²) < 4.78 is 45.6. The van der Waals surface area contributed by atoms with Crippen LogP contribution in [0.15, 0.2) is 52.5 Å². The van der Waals surface area contributed by atoms with Gasteiger partial charge < -0.3 is 51.8 Å². The molecule has 1 aliphatic heterocycles. The first-order valence-electron chi connectivity index (χ1n) is 22.4. The second-order valence-corrected chi connectivity index (χ2v) is 20.0. The highest BCUT2D eigenvalue weighted by molar-refractivity contribution is 7.90. The van der Waals surface area contributed by atoms with Gasteiger partial charge in [0.15, 0.2) is 0 Å². The quantitative estimate of drug-likeness (QED) is 0.0263. The van der Waals surface area contributed by atoms with E-state index in [4.69, 9.17) is 15.2 Å². The van der Waals surface area contributed by atoms with Gasteiger partial charge in [-0.2, -0.15) is 0 Å². The van der Waals surface area contributed by atoms with Gasteiger partial charge in [0, 0.05) is 31.9 Å². The fourth-order valence-corrected chi connectivity index (χ4v) is 8.84. The van der Waals surface area contributed by atoms with Gasteiger partial charge in [0.1, 0.15) is 41.1 Å². The minimum atomic E-state index is -4.18. The molecule has 2 aromatic rings. The van der Waals surface area contributed by atoms with Crippen LogP contribution in [-0.2, 0) is 70.7 Å². The molecule has 6 amide bonds. The molecule has 23 heteroatoms. The standard InChI is InChI=1S/C47H67N9O13S/c1-25-26(2)39(27(3)32-23-47(10,11)69-38(25)32)70(65,66)56-45(48)49-20-16-19-33(53-30(6)57)41(61)50-24-36(58)54-35(22-37(59)68-46(7,8)9)43(63)51-28(4)40(60)55-34(21-31-17-14-13-15-18-31)42(62)52-29(5)44(64)67-12/h13-15,17-18,29,33-35H,4,16,19-24H2,1-3,5-12H3,(H,50,61)(H,51,63)(H,52,62)(H,53,57)(H,54,58)(H,55,60)(H3,48,49,56)/t29-,33-,34-,35-/m0/s1. The number of sulfonamides is 1. The van der Waals surface area contributed by atoms with Gasteiger partial charge in [0.25, 0.3) is 15.9 Å². The average molecular weight is 998 g/mol. The van der Waals surface area contributed by atoms with Crippen molar-refractivity contribution in [2.75, 3.05) is 20.2 Å². The lowest BCUT2D eigenvalue weighted by Crippen LogP contribution is -2.54. The van der Waals surface area contributed by atoms with Crippen molar-refractivity contribution in [3.8, 4) is 5.75 Å². The maximum absolute atomic E-state index is 13.6. The molecule has 1 heterocycles. The Morgan fingerprint density at radius 3 is 2.13 bits per heavy atom. The first kappa shape index (κ1) is 57.3. The Labute approximate surface area is 408 Å². The second-order valence-electron chi connectivity index (χ2n) is 18.4. The van der Waals surface area contributed by atoms with E-state index in [-0.39, 0.29) is 30.7 Å². The predicted molar refractivity (Wildman–Crippen MR) is 257 cm³/mol. The van der Waals surface area contributed by atoms with Crippen LogP contribution in [0.2, 0.25) is 0 Å². The molecule has 9 N–H and O–H groups in total. The maximum atomic E-state index is 13.6. The number of aliphatic imine (C=N–C) groups is 1. The third-order valence-corrected chi connectivity index (χ3v) is 12.3. The fraction of sp³-hybridized carbons (Fsp3) is 0.511. The van der Waals surface area contributed by atoms with Crippen LogP contribution in [0.5, 0.6) is 5.75 Å². The number of nitrogens with one attached hydrogen (secondary N) is 7. The highest BCUT2D eigenvalue weighted by atomic mass is 32.2. The topological polar surface area (TPSA) is 321 Å². The number of carbonyl (C=O) groups excluding carboxylic acids is 8. The van der Waals surface area contributed by atoms with Crippen LogP contribution >= 0.6 is 0 Å². The summed E-state index contributed by atoms with van der Waals surface area (Å²) >= 11 is 0. The molecule has 70 heavy (non-hydrogen) atoms. The zero-order valence-corrected chi connectivity index (χ0v) is 42.4. The van der Waals surface area contributed by atoms with Crippen molar-refractivity contribution in [1.82, 2.24) is 36.6 Å². The Balaban J connectivity index is 1.67. The van der Waals surface area contributed by atoms with Crippen LogP contribution in [0.3, 0.4) is 0 Å². The van der Waals surface area contributed by atoms with E-state index in [9.17, 15) is 46.8 Å². The lowest BCUT2D eigenvalue weighted by molar-refractivity contribution is -0.156. The summed E-state index contributed by atoms with van der Waals surface area (Å²) in [5.41, 5.74) is 7.11. The summed E-state index contributed by atoms with van der Waals surface area (Å²) in [6.45, 7) is 19.1. The number of esters is 2. The molecule has 3 rings (SSSR count). The molecule has 4 atom stereocenters. The van der Waals surface area contributed by atoms with E-state index in [2.05, 4.69) is 52.9 Å². The van der Waals surface area contributed by atoms with Crippen molar-refractivity contribution < 1.29 is 61.0 Å². The van der Waals surface area contributed by atoms with Crippen molar-refractivity contribution in [3.63, 3.8) is 0 Å². The molecule has 0 fully saturated rings. The lowest BCUT2D eigenvalue weighted by Gasteiger charge is -2.24. The average Bonchev–Trinajstić information content (AvgIpc) is 3.59.